The molecule has 9 nitrogen and oxygen atoms in total. The van der Waals surface area contributed by atoms with Gasteiger partial charge in [0.1, 0.15) is 16.4 Å². The number of nitrogens with one attached hydrogen (secondary N) is 2. The number of morpholine rings is 1. The molecule has 1 aromatic heterocycles. The number of urea groups is 1. The molecule has 4 rings (SSSR count). The Morgan fingerprint density at radius 1 is 1.33 bits per heavy atom. The number of anilines is 2. The molecular formula is C22H28FN5O4S. The van der Waals surface area contributed by atoms with Crippen molar-refractivity contribution in [3.8, 4) is 11.4 Å². The molecule has 11 heteroatoms. The van der Waals surface area contributed by atoms with E-state index in [1.165, 1.54) is 12.1 Å². The van der Waals surface area contributed by atoms with Crippen LogP contribution in [0.15, 0.2) is 18.2 Å². The maximum absolute atomic E-state index is 15.1. The van der Waals surface area contributed by atoms with Gasteiger partial charge in [-0.2, -0.15) is 0 Å². The van der Waals surface area contributed by atoms with E-state index in [2.05, 4.69) is 20.6 Å². The summed E-state index contributed by atoms with van der Waals surface area (Å²) in [5.74, 6) is -0.171. The molecule has 1 saturated heterocycles. The first kappa shape index (κ1) is 23.4. The number of rotatable bonds is 4. The number of hydrogen-bond acceptors (Lipinski definition) is 7. The van der Waals surface area contributed by atoms with Crippen molar-refractivity contribution in [2.24, 2.45) is 0 Å². The molecular weight excluding hydrogens is 449 g/mol. The fourth-order valence-corrected chi connectivity index (χ4v) is 5.60. The number of carbonyl (C=O) groups excluding carboxylic acids is 1. The van der Waals surface area contributed by atoms with Gasteiger partial charge in [0.05, 0.1) is 36.3 Å². The Bertz CT molecular complexity index is 1200. The van der Waals surface area contributed by atoms with Crippen molar-refractivity contribution in [1.29, 1.82) is 0 Å². The number of halogens is 1. The Morgan fingerprint density at radius 3 is 2.76 bits per heavy atom. The molecule has 0 bridgehead atoms. The van der Waals surface area contributed by atoms with Crippen molar-refractivity contribution >= 4 is 27.4 Å². The third kappa shape index (κ3) is 4.15. The highest BCUT2D eigenvalue weighted by Gasteiger charge is 2.48. The second kappa shape index (κ2) is 8.53. The lowest BCUT2D eigenvalue weighted by molar-refractivity contribution is 0.0984. The van der Waals surface area contributed by atoms with Crippen molar-refractivity contribution in [2.75, 3.05) is 36.5 Å². The Morgan fingerprint density at radius 2 is 2.09 bits per heavy atom. The van der Waals surface area contributed by atoms with E-state index in [1.807, 2.05) is 11.8 Å². The molecule has 2 aliphatic rings. The zero-order valence-corrected chi connectivity index (χ0v) is 19.9. The van der Waals surface area contributed by atoms with E-state index in [-0.39, 0.29) is 28.9 Å². The molecule has 1 fully saturated rings. The molecule has 1 atom stereocenters. The van der Waals surface area contributed by atoms with Crippen molar-refractivity contribution in [2.45, 2.75) is 44.2 Å². The van der Waals surface area contributed by atoms with Crippen molar-refractivity contribution in [3.63, 3.8) is 0 Å². The highest BCUT2D eigenvalue weighted by Crippen LogP contribution is 2.45. The van der Waals surface area contributed by atoms with E-state index in [0.717, 1.165) is 0 Å². The first-order valence-electron chi connectivity index (χ1n) is 10.9. The lowest BCUT2D eigenvalue weighted by Crippen LogP contribution is -2.44. The average molecular weight is 478 g/mol. The van der Waals surface area contributed by atoms with E-state index < -0.39 is 26.4 Å². The number of ether oxygens (including phenoxy) is 1. The zero-order chi connectivity index (χ0) is 24.0. The van der Waals surface area contributed by atoms with Gasteiger partial charge in [-0.3, -0.25) is 0 Å². The maximum Gasteiger partial charge on any atom is 0.319 e. The molecule has 0 saturated carbocycles. The molecule has 33 heavy (non-hydrogen) atoms. The summed E-state index contributed by atoms with van der Waals surface area (Å²) in [4.78, 5) is 23.0. The van der Waals surface area contributed by atoms with Crippen molar-refractivity contribution in [3.05, 3.63) is 35.3 Å². The van der Waals surface area contributed by atoms with Crippen molar-refractivity contribution < 1.29 is 22.3 Å². The van der Waals surface area contributed by atoms with E-state index in [0.29, 0.717) is 43.4 Å². The number of hydrogen-bond donors (Lipinski definition) is 2. The summed E-state index contributed by atoms with van der Waals surface area (Å²) in [5, 5.41) is 5.15. The fourth-order valence-electron chi connectivity index (χ4n) is 4.13. The van der Waals surface area contributed by atoms with Gasteiger partial charge in [-0.15, -0.1) is 0 Å². The molecule has 178 valence electrons. The van der Waals surface area contributed by atoms with E-state index in [1.54, 1.807) is 26.8 Å². The number of carbonyl (C=O) groups is 1. The molecule has 3 heterocycles. The summed E-state index contributed by atoms with van der Waals surface area (Å²) in [5.41, 5.74) is 1.37. The summed E-state index contributed by atoms with van der Waals surface area (Å²) in [7, 11) is -3.51. The minimum Gasteiger partial charge on any atom is -0.377 e. The van der Waals surface area contributed by atoms with Crippen LogP contribution < -0.4 is 15.5 Å². The second-order valence-electron chi connectivity index (χ2n) is 8.76. The van der Waals surface area contributed by atoms with Crippen molar-refractivity contribution in [1.82, 2.24) is 15.3 Å². The quantitative estimate of drug-likeness (QED) is 0.696. The Balaban J connectivity index is 1.82. The number of nitrogens with zero attached hydrogens (tertiary/aromatic N) is 3. The molecule has 0 aliphatic carbocycles. The number of fused-ring (bicyclic) bond motifs is 1. The lowest BCUT2D eigenvalue weighted by atomic mass is 10.0. The molecule has 0 unspecified atom stereocenters. The van der Waals surface area contributed by atoms with Crippen LogP contribution in [-0.4, -0.2) is 56.8 Å². The van der Waals surface area contributed by atoms with Crippen LogP contribution in [0.25, 0.3) is 11.4 Å². The SMILES string of the molecule is CCNC(=O)Nc1ccc(-c2nc(N3CCOC[C@@H]3C)c3c(n2)C(C)(C)S(=O)(=O)C3)c(F)c1. The molecule has 1 aromatic carbocycles. The average Bonchev–Trinajstić information content (AvgIpc) is 2.92. The number of benzene rings is 1. The van der Waals surface area contributed by atoms with Crippen LogP contribution in [0.5, 0.6) is 0 Å². The summed E-state index contributed by atoms with van der Waals surface area (Å²) in [6, 6.07) is 3.78. The van der Waals surface area contributed by atoms with E-state index >= 15 is 4.39 Å². The number of amides is 2. The van der Waals surface area contributed by atoms with Crippen LogP contribution >= 0.6 is 0 Å². The largest absolute Gasteiger partial charge is 0.377 e. The van der Waals surface area contributed by atoms with Crippen LogP contribution in [0, 0.1) is 5.82 Å². The zero-order valence-electron chi connectivity index (χ0n) is 19.1. The van der Waals surface area contributed by atoms with Gasteiger partial charge in [0, 0.05) is 24.3 Å². The Kier molecular flexibility index (Phi) is 6.04. The first-order chi connectivity index (χ1) is 15.5. The summed E-state index contributed by atoms with van der Waals surface area (Å²) in [6.45, 7) is 8.95. The normalized spacial score (nSPS) is 20.9. The molecule has 2 N–H and O–H groups in total. The Labute approximate surface area is 192 Å². The van der Waals surface area contributed by atoms with E-state index in [4.69, 9.17) is 4.74 Å². The molecule has 2 aromatic rings. The molecule has 0 radical (unpaired) electrons. The number of aromatic nitrogens is 2. The fraction of sp³-hybridized carbons (Fsp3) is 0.500. The standard InChI is InChI=1S/C22H28FN5O4S/c1-5-24-21(29)25-14-6-7-15(17(23)10-14)19-26-18-16(12-33(30,31)22(18,3)4)20(27-19)28-8-9-32-11-13(28)2/h6-7,10,13H,5,8-9,11-12H2,1-4H3,(H2,24,25,29)/t13-/m0/s1. The number of sulfone groups is 1. The van der Waals surface area contributed by atoms with Crippen LogP contribution in [0.2, 0.25) is 0 Å². The summed E-state index contributed by atoms with van der Waals surface area (Å²) < 4.78 is 45.3. The first-order valence-corrected chi connectivity index (χ1v) is 12.5. The van der Waals surface area contributed by atoms with Crippen LogP contribution in [0.4, 0.5) is 20.7 Å². The van der Waals surface area contributed by atoms with Gasteiger partial charge in [0.15, 0.2) is 15.7 Å². The Hall–Kier alpha value is -2.79. The topological polar surface area (TPSA) is 114 Å². The lowest BCUT2D eigenvalue weighted by Gasteiger charge is -2.35. The van der Waals surface area contributed by atoms with Gasteiger partial charge in [-0.25, -0.2) is 27.6 Å². The van der Waals surface area contributed by atoms with E-state index in [9.17, 15) is 13.2 Å². The van der Waals surface area contributed by atoms with Gasteiger partial charge < -0.3 is 20.3 Å². The van der Waals surface area contributed by atoms with Gasteiger partial charge >= 0.3 is 6.03 Å². The summed E-state index contributed by atoms with van der Waals surface area (Å²) >= 11 is 0. The third-order valence-electron chi connectivity index (χ3n) is 6.11. The van der Waals surface area contributed by atoms with Gasteiger partial charge in [-0.05, 0) is 45.9 Å². The smallest absolute Gasteiger partial charge is 0.319 e. The predicted octanol–water partition coefficient (Wildman–Crippen LogP) is 2.81. The van der Waals surface area contributed by atoms with Gasteiger partial charge in [0.25, 0.3) is 0 Å². The predicted molar refractivity (Wildman–Crippen MR) is 123 cm³/mol. The molecule has 2 aliphatic heterocycles. The van der Waals surface area contributed by atoms with Crippen LogP contribution in [0.1, 0.15) is 39.0 Å². The highest BCUT2D eigenvalue weighted by atomic mass is 32.2. The van der Waals surface area contributed by atoms with Crippen LogP contribution in [0.3, 0.4) is 0 Å². The molecule has 2 amide bonds. The highest BCUT2D eigenvalue weighted by molar-refractivity contribution is 7.91. The monoisotopic (exact) mass is 477 g/mol. The second-order valence-corrected chi connectivity index (χ2v) is 11.3. The molecule has 0 spiro atoms. The minimum absolute atomic E-state index is 0.0227. The maximum atomic E-state index is 15.1. The van der Waals surface area contributed by atoms with Crippen LogP contribution in [-0.2, 0) is 25.1 Å². The minimum atomic E-state index is -3.51. The van der Waals surface area contributed by atoms with Gasteiger partial charge in [-0.1, -0.05) is 0 Å². The third-order valence-corrected chi connectivity index (χ3v) is 8.53. The summed E-state index contributed by atoms with van der Waals surface area (Å²) in [6.07, 6.45) is 0. The van der Waals surface area contributed by atoms with Gasteiger partial charge in [0.2, 0.25) is 0 Å².